The number of aryl methyl sites for hydroxylation is 1. The lowest BCUT2D eigenvalue weighted by atomic mass is 9.94. The molecule has 0 atom stereocenters. The second kappa shape index (κ2) is 4.23. The fourth-order valence-corrected chi connectivity index (χ4v) is 2.70. The van der Waals surface area contributed by atoms with Crippen LogP contribution >= 0.6 is 0 Å². The number of nitrogens with zero attached hydrogens (tertiary/aromatic N) is 1. The van der Waals surface area contributed by atoms with Gasteiger partial charge in [-0.25, -0.2) is 4.98 Å². The molecule has 0 unspecified atom stereocenters. The Kier molecular flexibility index (Phi) is 2.78. The highest BCUT2D eigenvalue weighted by atomic mass is 16.5. The van der Waals surface area contributed by atoms with Crippen molar-refractivity contribution in [3.63, 3.8) is 0 Å². The lowest BCUT2D eigenvalue weighted by Crippen LogP contribution is -2.13. The first-order valence-corrected chi connectivity index (χ1v) is 6.73. The Morgan fingerprint density at radius 2 is 2.05 bits per heavy atom. The number of aromatic nitrogens is 1. The van der Waals surface area contributed by atoms with Crippen LogP contribution in [0, 0.1) is 0 Å². The van der Waals surface area contributed by atoms with E-state index in [9.17, 15) is 5.11 Å². The van der Waals surface area contributed by atoms with Crippen molar-refractivity contribution in [2.75, 3.05) is 7.11 Å². The van der Waals surface area contributed by atoms with Gasteiger partial charge in [0.15, 0.2) is 0 Å². The van der Waals surface area contributed by atoms with Crippen LogP contribution in [0.2, 0.25) is 0 Å². The molecule has 0 aliphatic heterocycles. The van der Waals surface area contributed by atoms with Crippen molar-refractivity contribution >= 4 is 11.1 Å². The van der Waals surface area contributed by atoms with E-state index < -0.39 is 5.60 Å². The number of hydrogen-bond acceptors (Lipinski definition) is 4. The van der Waals surface area contributed by atoms with Gasteiger partial charge in [0.05, 0.1) is 18.2 Å². The van der Waals surface area contributed by atoms with Crippen LogP contribution in [0.5, 0.6) is 5.75 Å². The molecule has 4 nitrogen and oxygen atoms in total. The van der Waals surface area contributed by atoms with Gasteiger partial charge in [-0.05, 0) is 45.6 Å². The van der Waals surface area contributed by atoms with Crippen LogP contribution in [0.25, 0.3) is 11.1 Å². The number of hydrogen-bond donors (Lipinski definition) is 1. The van der Waals surface area contributed by atoms with E-state index in [1.54, 1.807) is 21.0 Å². The van der Waals surface area contributed by atoms with E-state index in [0.717, 1.165) is 36.1 Å². The van der Waals surface area contributed by atoms with Crippen LogP contribution < -0.4 is 4.74 Å². The third-order valence-corrected chi connectivity index (χ3v) is 3.71. The number of ether oxygens (including phenoxy) is 1. The molecule has 0 saturated carbocycles. The maximum absolute atomic E-state index is 10.1. The molecular formula is C15H19NO3. The second-order valence-corrected chi connectivity index (χ2v) is 5.67. The number of rotatable bonds is 2. The van der Waals surface area contributed by atoms with Crippen LogP contribution in [-0.2, 0) is 18.4 Å². The predicted molar refractivity (Wildman–Crippen MR) is 72.4 cm³/mol. The maximum atomic E-state index is 10.1. The molecule has 0 spiro atoms. The molecule has 1 N–H and O–H groups in total. The highest BCUT2D eigenvalue weighted by molar-refractivity contribution is 5.84. The Hall–Kier alpha value is -1.55. The average Bonchev–Trinajstić information content (AvgIpc) is 2.79. The summed E-state index contributed by atoms with van der Waals surface area (Å²) >= 11 is 0. The summed E-state index contributed by atoms with van der Waals surface area (Å²) in [6, 6.07) is 1.84. The van der Waals surface area contributed by atoms with E-state index in [0.29, 0.717) is 11.5 Å². The number of fused-ring (bicyclic) bond motifs is 2. The minimum Gasteiger partial charge on any atom is -0.496 e. The fraction of sp³-hybridized carbons (Fsp3) is 0.533. The zero-order chi connectivity index (χ0) is 13.6. The van der Waals surface area contributed by atoms with Crippen molar-refractivity contribution in [3.05, 3.63) is 23.1 Å². The Balaban J connectivity index is 2.27. The van der Waals surface area contributed by atoms with E-state index in [2.05, 4.69) is 4.98 Å². The molecule has 102 valence electrons. The van der Waals surface area contributed by atoms with Crippen LogP contribution in [0.3, 0.4) is 0 Å². The first kappa shape index (κ1) is 12.5. The summed E-state index contributed by atoms with van der Waals surface area (Å²) in [5, 5.41) is 10.9. The molecule has 0 bridgehead atoms. The van der Waals surface area contributed by atoms with E-state index in [4.69, 9.17) is 9.15 Å². The lowest BCUT2D eigenvalue weighted by molar-refractivity contribution is 0.0556. The van der Waals surface area contributed by atoms with Crippen LogP contribution in [0.4, 0.5) is 0 Å². The van der Waals surface area contributed by atoms with Crippen LogP contribution in [0.15, 0.2) is 10.5 Å². The number of methoxy groups -OCH3 is 1. The van der Waals surface area contributed by atoms with Gasteiger partial charge in [0, 0.05) is 5.56 Å². The fourth-order valence-electron chi connectivity index (χ4n) is 2.70. The molecule has 3 rings (SSSR count). The smallest absolute Gasteiger partial charge is 0.230 e. The minimum absolute atomic E-state index is 0.524. The van der Waals surface area contributed by atoms with E-state index in [1.165, 1.54) is 12.0 Å². The van der Waals surface area contributed by atoms with Gasteiger partial charge in [-0.3, -0.25) is 0 Å². The van der Waals surface area contributed by atoms with E-state index in [-0.39, 0.29) is 0 Å². The number of pyridine rings is 1. The van der Waals surface area contributed by atoms with Crippen molar-refractivity contribution in [2.24, 2.45) is 0 Å². The summed E-state index contributed by atoms with van der Waals surface area (Å²) in [7, 11) is 1.68. The molecule has 0 aromatic carbocycles. The van der Waals surface area contributed by atoms with Crippen molar-refractivity contribution in [1.82, 2.24) is 4.98 Å². The average molecular weight is 261 g/mol. The molecule has 0 radical (unpaired) electrons. The molecule has 2 aromatic rings. The van der Waals surface area contributed by atoms with Gasteiger partial charge in [0.2, 0.25) is 5.71 Å². The Morgan fingerprint density at radius 1 is 1.32 bits per heavy atom. The Bertz CT molecular complexity index is 622. The van der Waals surface area contributed by atoms with Crippen molar-refractivity contribution in [3.8, 4) is 5.75 Å². The molecule has 2 aromatic heterocycles. The topological polar surface area (TPSA) is 55.5 Å². The van der Waals surface area contributed by atoms with Gasteiger partial charge in [-0.15, -0.1) is 0 Å². The number of aliphatic hydroxyl groups is 1. The molecule has 1 aliphatic rings. The predicted octanol–water partition coefficient (Wildman–Crippen LogP) is 2.94. The molecular weight excluding hydrogens is 242 g/mol. The summed E-state index contributed by atoms with van der Waals surface area (Å²) in [6.07, 6.45) is 4.31. The first-order chi connectivity index (χ1) is 9.00. The van der Waals surface area contributed by atoms with Gasteiger partial charge < -0.3 is 14.3 Å². The van der Waals surface area contributed by atoms with Crippen molar-refractivity contribution < 1.29 is 14.3 Å². The van der Waals surface area contributed by atoms with E-state index >= 15 is 0 Å². The third-order valence-electron chi connectivity index (χ3n) is 3.71. The summed E-state index contributed by atoms with van der Waals surface area (Å²) in [6.45, 7) is 3.41. The zero-order valence-corrected chi connectivity index (χ0v) is 11.6. The second-order valence-electron chi connectivity index (χ2n) is 5.67. The largest absolute Gasteiger partial charge is 0.496 e. The Morgan fingerprint density at radius 3 is 2.74 bits per heavy atom. The first-order valence-electron chi connectivity index (χ1n) is 6.73. The summed E-state index contributed by atoms with van der Waals surface area (Å²) < 4.78 is 11.3. The third kappa shape index (κ3) is 2.00. The van der Waals surface area contributed by atoms with Crippen molar-refractivity contribution in [1.29, 1.82) is 0 Å². The summed E-state index contributed by atoms with van der Waals surface area (Å²) in [5.41, 5.74) is 1.83. The van der Waals surface area contributed by atoms with Gasteiger partial charge >= 0.3 is 0 Å². The van der Waals surface area contributed by atoms with Gasteiger partial charge in [-0.1, -0.05) is 0 Å². The molecule has 4 heteroatoms. The normalized spacial score (nSPS) is 15.6. The quantitative estimate of drug-likeness (QED) is 0.903. The zero-order valence-electron chi connectivity index (χ0n) is 11.6. The van der Waals surface area contributed by atoms with Gasteiger partial charge in [0.25, 0.3) is 0 Å². The molecule has 1 aliphatic carbocycles. The highest BCUT2D eigenvalue weighted by Gasteiger charge is 2.26. The van der Waals surface area contributed by atoms with E-state index in [1.807, 2.05) is 6.07 Å². The Labute approximate surface area is 112 Å². The number of furan rings is 1. The highest BCUT2D eigenvalue weighted by Crippen LogP contribution is 2.38. The molecule has 19 heavy (non-hydrogen) atoms. The maximum Gasteiger partial charge on any atom is 0.230 e. The molecule has 2 heterocycles. The van der Waals surface area contributed by atoms with Gasteiger partial charge in [0.1, 0.15) is 17.1 Å². The molecule has 0 amide bonds. The van der Waals surface area contributed by atoms with Crippen molar-refractivity contribution in [2.45, 2.75) is 45.1 Å². The van der Waals surface area contributed by atoms with Crippen LogP contribution in [-0.4, -0.2) is 17.2 Å². The summed E-state index contributed by atoms with van der Waals surface area (Å²) in [4.78, 5) is 4.60. The summed E-state index contributed by atoms with van der Waals surface area (Å²) in [5.74, 6) is 1.38. The van der Waals surface area contributed by atoms with Gasteiger partial charge in [-0.2, -0.15) is 0 Å². The monoisotopic (exact) mass is 261 g/mol. The SMILES string of the molecule is COc1c2c(nc3oc(C(C)(C)O)cc13)CCCC2. The lowest BCUT2D eigenvalue weighted by Gasteiger charge is -2.17. The van der Waals surface area contributed by atoms with Crippen LogP contribution in [0.1, 0.15) is 43.7 Å². The minimum atomic E-state index is -1.01. The molecule has 0 fully saturated rings. The standard InChI is InChI=1S/C15H19NO3/c1-15(2,17)12-8-10-13(18-3)9-6-4-5-7-11(9)16-14(10)19-12/h8,17H,4-7H2,1-3H3. The molecule has 0 saturated heterocycles.